The van der Waals surface area contributed by atoms with Crippen molar-refractivity contribution >= 4 is 0 Å². The third-order valence-corrected chi connectivity index (χ3v) is 3.44. The average Bonchev–Trinajstić information content (AvgIpc) is 2.82. The SMILES string of the molecule is CC(C)C1NCCn2c(-c3ccncc3F)nnc21. The highest BCUT2D eigenvalue weighted by molar-refractivity contribution is 5.55. The molecule has 3 heterocycles. The topological polar surface area (TPSA) is 55.6 Å². The Morgan fingerprint density at radius 2 is 2.26 bits per heavy atom. The molecule has 3 rings (SSSR count). The largest absolute Gasteiger partial charge is 0.308 e. The summed E-state index contributed by atoms with van der Waals surface area (Å²) in [6.45, 7) is 5.86. The van der Waals surface area contributed by atoms with E-state index in [0.717, 1.165) is 18.9 Å². The van der Waals surface area contributed by atoms with Crippen molar-refractivity contribution in [3.63, 3.8) is 0 Å². The predicted octanol–water partition coefficient (Wildman–Crippen LogP) is 1.78. The van der Waals surface area contributed by atoms with E-state index in [1.54, 1.807) is 12.3 Å². The van der Waals surface area contributed by atoms with Crippen LogP contribution in [-0.4, -0.2) is 26.3 Å². The molecule has 19 heavy (non-hydrogen) atoms. The van der Waals surface area contributed by atoms with E-state index in [1.807, 2.05) is 4.57 Å². The molecule has 5 nitrogen and oxygen atoms in total. The maximum atomic E-state index is 13.8. The first-order valence-corrected chi connectivity index (χ1v) is 6.45. The van der Waals surface area contributed by atoms with E-state index in [9.17, 15) is 4.39 Å². The van der Waals surface area contributed by atoms with E-state index in [0.29, 0.717) is 17.3 Å². The summed E-state index contributed by atoms with van der Waals surface area (Å²) in [6.07, 6.45) is 2.78. The Balaban J connectivity index is 2.09. The van der Waals surface area contributed by atoms with Gasteiger partial charge in [-0.05, 0) is 12.0 Å². The molecule has 0 saturated heterocycles. The van der Waals surface area contributed by atoms with Crippen LogP contribution in [0.25, 0.3) is 11.4 Å². The Labute approximate surface area is 110 Å². The highest BCUT2D eigenvalue weighted by Crippen LogP contribution is 2.28. The number of nitrogens with zero attached hydrogens (tertiary/aromatic N) is 4. The molecule has 0 fully saturated rings. The molecule has 0 radical (unpaired) electrons. The maximum absolute atomic E-state index is 13.8. The summed E-state index contributed by atoms with van der Waals surface area (Å²) >= 11 is 0. The van der Waals surface area contributed by atoms with Crippen LogP contribution in [0.5, 0.6) is 0 Å². The first-order chi connectivity index (χ1) is 9.18. The van der Waals surface area contributed by atoms with Crippen LogP contribution >= 0.6 is 0 Å². The lowest BCUT2D eigenvalue weighted by atomic mass is 10.0. The molecule has 0 amide bonds. The zero-order valence-electron chi connectivity index (χ0n) is 11.0. The minimum atomic E-state index is -0.364. The minimum absolute atomic E-state index is 0.167. The molecule has 6 heteroatoms. The van der Waals surface area contributed by atoms with Crippen molar-refractivity contribution in [3.8, 4) is 11.4 Å². The van der Waals surface area contributed by atoms with Crippen LogP contribution in [0.1, 0.15) is 25.7 Å². The van der Waals surface area contributed by atoms with Gasteiger partial charge in [0, 0.05) is 19.3 Å². The van der Waals surface area contributed by atoms with E-state index < -0.39 is 0 Å². The van der Waals surface area contributed by atoms with Crippen molar-refractivity contribution in [2.45, 2.75) is 26.4 Å². The van der Waals surface area contributed by atoms with Gasteiger partial charge in [-0.1, -0.05) is 13.8 Å². The highest BCUT2D eigenvalue weighted by atomic mass is 19.1. The van der Waals surface area contributed by atoms with Gasteiger partial charge in [-0.2, -0.15) is 0 Å². The molecule has 1 aliphatic heterocycles. The molecule has 0 aromatic carbocycles. The van der Waals surface area contributed by atoms with Gasteiger partial charge in [0.25, 0.3) is 0 Å². The molecule has 2 aromatic rings. The van der Waals surface area contributed by atoms with Gasteiger partial charge in [0.15, 0.2) is 17.5 Å². The maximum Gasteiger partial charge on any atom is 0.167 e. The van der Waals surface area contributed by atoms with Crippen molar-refractivity contribution in [3.05, 3.63) is 30.1 Å². The number of aromatic nitrogens is 4. The van der Waals surface area contributed by atoms with Crippen molar-refractivity contribution in [1.29, 1.82) is 0 Å². The van der Waals surface area contributed by atoms with Gasteiger partial charge in [0.2, 0.25) is 0 Å². The predicted molar refractivity (Wildman–Crippen MR) is 68.8 cm³/mol. The molecule has 1 N–H and O–H groups in total. The summed E-state index contributed by atoms with van der Waals surface area (Å²) in [5, 5.41) is 11.8. The number of hydrogen-bond acceptors (Lipinski definition) is 4. The first kappa shape index (κ1) is 12.2. The second kappa shape index (κ2) is 4.70. The minimum Gasteiger partial charge on any atom is -0.308 e. The Kier molecular flexibility index (Phi) is 3.02. The Morgan fingerprint density at radius 1 is 1.42 bits per heavy atom. The Hall–Kier alpha value is -1.82. The van der Waals surface area contributed by atoms with E-state index in [1.165, 1.54) is 6.20 Å². The van der Waals surface area contributed by atoms with Crippen molar-refractivity contribution in [1.82, 2.24) is 25.1 Å². The number of pyridine rings is 1. The normalized spacial score (nSPS) is 18.6. The highest BCUT2D eigenvalue weighted by Gasteiger charge is 2.28. The van der Waals surface area contributed by atoms with Crippen LogP contribution in [0.4, 0.5) is 4.39 Å². The summed E-state index contributed by atoms with van der Waals surface area (Å²) in [4.78, 5) is 3.77. The van der Waals surface area contributed by atoms with Gasteiger partial charge in [-0.3, -0.25) is 4.98 Å². The number of hydrogen-bond donors (Lipinski definition) is 1. The summed E-state index contributed by atoms with van der Waals surface area (Å²) in [6, 6.07) is 1.80. The lowest BCUT2D eigenvalue weighted by molar-refractivity contribution is 0.339. The lowest BCUT2D eigenvalue weighted by Gasteiger charge is -2.27. The molecule has 0 aliphatic carbocycles. The number of rotatable bonds is 2. The fourth-order valence-electron chi connectivity index (χ4n) is 2.48. The first-order valence-electron chi connectivity index (χ1n) is 6.45. The fraction of sp³-hybridized carbons (Fsp3) is 0.462. The molecular weight excluding hydrogens is 245 g/mol. The molecule has 0 saturated carbocycles. The van der Waals surface area contributed by atoms with Crippen LogP contribution in [0.15, 0.2) is 18.5 Å². The van der Waals surface area contributed by atoms with E-state index in [2.05, 4.69) is 34.3 Å². The second-order valence-corrected chi connectivity index (χ2v) is 5.06. The van der Waals surface area contributed by atoms with Crippen molar-refractivity contribution in [2.75, 3.05) is 6.54 Å². The quantitative estimate of drug-likeness (QED) is 0.895. The summed E-state index contributed by atoms with van der Waals surface area (Å²) in [5.41, 5.74) is 0.457. The van der Waals surface area contributed by atoms with Gasteiger partial charge in [-0.25, -0.2) is 4.39 Å². The Bertz CT molecular complexity index is 592. The summed E-state index contributed by atoms with van der Waals surface area (Å²) < 4.78 is 15.8. The smallest absolute Gasteiger partial charge is 0.167 e. The zero-order valence-corrected chi connectivity index (χ0v) is 11.0. The van der Waals surface area contributed by atoms with Crippen molar-refractivity contribution in [2.24, 2.45) is 5.92 Å². The molecule has 100 valence electrons. The average molecular weight is 261 g/mol. The third kappa shape index (κ3) is 2.02. The zero-order chi connectivity index (χ0) is 13.4. The van der Waals surface area contributed by atoms with Gasteiger partial charge in [0.1, 0.15) is 0 Å². The van der Waals surface area contributed by atoms with Crippen LogP contribution in [0, 0.1) is 11.7 Å². The standard InChI is InChI=1S/C13H16FN5/c1-8(2)11-13-18-17-12(19(13)6-5-16-11)9-3-4-15-7-10(9)14/h3-4,7-8,11,16H,5-6H2,1-2H3. The summed E-state index contributed by atoms with van der Waals surface area (Å²) in [5.74, 6) is 1.52. The molecule has 0 spiro atoms. The lowest BCUT2D eigenvalue weighted by Crippen LogP contribution is -2.36. The second-order valence-electron chi connectivity index (χ2n) is 5.06. The number of nitrogens with one attached hydrogen (secondary N) is 1. The van der Waals surface area contributed by atoms with Gasteiger partial charge >= 0.3 is 0 Å². The number of fused-ring (bicyclic) bond motifs is 1. The molecule has 2 aromatic heterocycles. The molecular formula is C13H16FN5. The van der Waals surface area contributed by atoms with Crippen LogP contribution in [-0.2, 0) is 6.54 Å². The van der Waals surface area contributed by atoms with Gasteiger partial charge in [-0.15, -0.1) is 10.2 Å². The number of halogens is 1. The van der Waals surface area contributed by atoms with Gasteiger partial charge < -0.3 is 9.88 Å². The third-order valence-electron chi connectivity index (χ3n) is 3.44. The molecule has 1 atom stereocenters. The van der Waals surface area contributed by atoms with E-state index >= 15 is 0 Å². The molecule has 0 bridgehead atoms. The molecule has 1 unspecified atom stereocenters. The monoisotopic (exact) mass is 261 g/mol. The Morgan fingerprint density at radius 3 is 3.00 bits per heavy atom. The van der Waals surface area contributed by atoms with Crippen LogP contribution in [0.2, 0.25) is 0 Å². The van der Waals surface area contributed by atoms with Crippen LogP contribution < -0.4 is 5.32 Å². The van der Waals surface area contributed by atoms with E-state index in [-0.39, 0.29) is 11.9 Å². The van der Waals surface area contributed by atoms with Crippen LogP contribution in [0.3, 0.4) is 0 Å². The van der Waals surface area contributed by atoms with Crippen molar-refractivity contribution < 1.29 is 4.39 Å². The van der Waals surface area contributed by atoms with E-state index in [4.69, 9.17) is 0 Å². The van der Waals surface area contributed by atoms with Gasteiger partial charge in [0.05, 0.1) is 17.8 Å². The molecule has 1 aliphatic rings. The fourth-order valence-corrected chi connectivity index (χ4v) is 2.48. The summed E-state index contributed by atoms with van der Waals surface area (Å²) in [7, 11) is 0.